The molecular formula is C26H22Br2N2. The Balaban J connectivity index is 1.45. The molecule has 4 rings (SSSR count). The van der Waals surface area contributed by atoms with Gasteiger partial charge in [-0.2, -0.15) is 0 Å². The molecule has 0 spiro atoms. The summed E-state index contributed by atoms with van der Waals surface area (Å²) in [5.41, 5.74) is 7.01. The standard InChI is InChI=1S/C26H22Br2N2/c27-25-15-21(29-17-19-7-3-1-4-8-19)11-13-23(25)24-14-12-22(16-26(24)28)30-18-20-9-5-2-6-10-20/h1-16,29-30H,17-18H2. The first-order chi connectivity index (χ1) is 14.7. The Kier molecular flexibility index (Phi) is 6.88. The van der Waals surface area contributed by atoms with E-state index in [9.17, 15) is 0 Å². The van der Waals surface area contributed by atoms with E-state index in [0.29, 0.717) is 0 Å². The first-order valence-electron chi connectivity index (χ1n) is 9.84. The molecule has 2 N–H and O–H groups in total. The SMILES string of the molecule is Brc1cc(NCc2ccccc2)ccc1-c1ccc(NCc2ccccc2)cc1Br. The zero-order chi connectivity index (χ0) is 20.8. The molecule has 0 aliphatic carbocycles. The van der Waals surface area contributed by atoms with Crippen molar-refractivity contribution in [2.45, 2.75) is 13.1 Å². The van der Waals surface area contributed by atoms with Crippen LogP contribution in [0, 0.1) is 0 Å². The number of benzene rings is 4. The number of nitrogens with one attached hydrogen (secondary N) is 2. The second kappa shape index (κ2) is 9.96. The minimum absolute atomic E-state index is 0.804. The smallest absolute Gasteiger partial charge is 0.0400 e. The van der Waals surface area contributed by atoms with Crippen LogP contribution in [-0.2, 0) is 13.1 Å². The van der Waals surface area contributed by atoms with Crippen LogP contribution in [0.2, 0.25) is 0 Å². The second-order valence-electron chi connectivity index (χ2n) is 7.07. The molecule has 0 radical (unpaired) electrons. The third-order valence-electron chi connectivity index (χ3n) is 4.91. The van der Waals surface area contributed by atoms with Gasteiger partial charge in [-0.1, -0.05) is 105 Å². The highest BCUT2D eigenvalue weighted by Gasteiger charge is 2.09. The van der Waals surface area contributed by atoms with Gasteiger partial charge in [-0.05, 0) is 46.5 Å². The molecule has 0 aliphatic heterocycles. The van der Waals surface area contributed by atoms with Crippen LogP contribution in [0.5, 0.6) is 0 Å². The fraction of sp³-hybridized carbons (Fsp3) is 0.0769. The minimum atomic E-state index is 0.804. The average Bonchev–Trinajstić information content (AvgIpc) is 2.78. The average molecular weight is 522 g/mol. The van der Waals surface area contributed by atoms with E-state index in [1.807, 2.05) is 12.1 Å². The highest BCUT2D eigenvalue weighted by molar-refractivity contribution is 9.11. The molecule has 0 aliphatic rings. The quantitative estimate of drug-likeness (QED) is 0.256. The summed E-state index contributed by atoms with van der Waals surface area (Å²) in [5, 5.41) is 6.97. The maximum Gasteiger partial charge on any atom is 0.0400 e. The fourth-order valence-corrected chi connectivity index (χ4v) is 4.47. The van der Waals surface area contributed by atoms with Crippen LogP contribution in [0.15, 0.2) is 106 Å². The van der Waals surface area contributed by atoms with Gasteiger partial charge in [0.15, 0.2) is 0 Å². The van der Waals surface area contributed by atoms with Crippen molar-refractivity contribution in [2.24, 2.45) is 0 Å². The van der Waals surface area contributed by atoms with Crippen molar-refractivity contribution in [2.75, 3.05) is 10.6 Å². The molecule has 0 aromatic heterocycles. The Hall–Kier alpha value is -2.56. The van der Waals surface area contributed by atoms with Gasteiger partial charge in [-0.25, -0.2) is 0 Å². The van der Waals surface area contributed by atoms with Crippen LogP contribution < -0.4 is 10.6 Å². The van der Waals surface area contributed by atoms with E-state index in [-0.39, 0.29) is 0 Å². The molecule has 0 bridgehead atoms. The van der Waals surface area contributed by atoms with E-state index >= 15 is 0 Å². The Bertz CT molecular complexity index is 1020. The van der Waals surface area contributed by atoms with Crippen molar-refractivity contribution in [3.63, 3.8) is 0 Å². The van der Waals surface area contributed by atoms with Crippen molar-refractivity contribution in [3.05, 3.63) is 117 Å². The molecule has 0 fully saturated rings. The summed E-state index contributed by atoms with van der Waals surface area (Å²) in [7, 11) is 0. The van der Waals surface area contributed by atoms with Gasteiger partial charge in [0.2, 0.25) is 0 Å². The highest BCUT2D eigenvalue weighted by Crippen LogP contribution is 2.36. The third-order valence-corrected chi connectivity index (χ3v) is 6.22. The first-order valence-corrected chi connectivity index (χ1v) is 11.4. The molecule has 0 unspecified atom stereocenters. The molecule has 4 aromatic carbocycles. The number of hydrogen-bond donors (Lipinski definition) is 2. The highest BCUT2D eigenvalue weighted by atomic mass is 79.9. The van der Waals surface area contributed by atoms with Crippen LogP contribution >= 0.6 is 31.9 Å². The Morgan fingerprint density at radius 1 is 0.500 bits per heavy atom. The maximum absolute atomic E-state index is 3.75. The number of halogens is 2. The van der Waals surface area contributed by atoms with Gasteiger partial charge in [-0.15, -0.1) is 0 Å². The molecular weight excluding hydrogens is 500 g/mol. The molecule has 0 atom stereocenters. The Morgan fingerprint density at radius 3 is 1.27 bits per heavy atom. The summed E-state index contributed by atoms with van der Waals surface area (Å²) >= 11 is 7.50. The summed E-state index contributed by atoms with van der Waals surface area (Å²) in [5.74, 6) is 0. The zero-order valence-corrected chi connectivity index (χ0v) is 19.6. The predicted octanol–water partition coefficient (Wildman–Crippen LogP) is 8.10. The van der Waals surface area contributed by atoms with E-state index in [0.717, 1.165) is 44.5 Å². The molecule has 30 heavy (non-hydrogen) atoms. The molecule has 0 saturated carbocycles. The molecule has 0 heterocycles. The third kappa shape index (κ3) is 5.32. The summed E-state index contributed by atoms with van der Waals surface area (Å²) in [4.78, 5) is 0. The zero-order valence-electron chi connectivity index (χ0n) is 16.4. The lowest BCUT2D eigenvalue weighted by atomic mass is 10.0. The lowest BCUT2D eigenvalue weighted by molar-refractivity contribution is 1.15. The van der Waals surface area contributed by atoms with Crippen LogP contribution in [0.4, 0.5) is 11.4 Å². The van der Waals surface area contributed by atoms with Crippen molar-refractivity contribution < 1.29 is 0 Å². The normalized spacial score (nSPS) is 10.6. The summed E-state index contributed by atoms with van der Waals surface area (Å²) in [6, 6.07) is 33.6. The predicted molar refractivity (Wildman–Crippen MR) is 135 cm³/mol. The fourth-order valence-electron chi connectivity index (χ4n) is 3.29. The van der Waals surface area contributed by atoms with Gasteiger partial charge < -0.3 is 10.6 Å². The lowest BCUT2D eigenvalue weighted by Crippen LogP contribution is -2.00. The van der Waals surface area contributed by atoms with Crippen molar-refractivity contribution in [1.29, 1.82) is 0 Å². The van der Waals surface area contributed by atoms with E-state index in [1.54, 1.807) is 0 Å². The van der Waals surface area contributed by atoms with Gasteiger partial charge in [-0.3, -0.25) is 0 Å². The van der Waals surface area contributed by atoms with Crippen molar-refractivity contribution in [1.82, 2.24) is 0 Å². The minimum Gasteiger partial charge on any atom is -0.381 e. The van der Waals surface area contributed by atoms with Crippen molar-refractivity contribution in [3.8, 4) is 11.1 Å². The van der Waals surface area contributed by atoms with Gasteiger partial charge in [0.25, 0.3) is 0 Å². The Labute approximate surface area is 194 Å². The molecule has 150 valence electrons. The van der Waals surface area contributed by atoms with Gasteiger partial charge >= 0.3 is 0 Å². The van der Waals surface area contributed by atoms with E-state index in [1.165, 1.54) is 11.1 Å². The summed E-state index contributed by atoms with van der Waals surface area (Å²) in [6.07, 6.45) is 0. The maximum atomic E-state index is 3.75. The largest absolute Gasteiger partial charge is 0.381 e. The lowest BCUT2D eigenvalue weighted by Gasteiger charge is -2.13. The Morgan fingerprint density at radius 2 is 0.900 bits per heavy atom. The second-order valence-corrected chi connectivity index (χ2v) is 8.78. The topological polar surface area (TPSA) is 24.1 Å². The number of rotatable bonds is 7. The van der Waals surface area contributed by atoms with E-state index in [2.05, 4.69) is 127 Å². The van der Waals surface area contributed by atoms with E-state index in [4.69, 9.17) is 0 Å². The monoisotopic (exact) mass is 520 g/mol. The van der Waals surface area contributed by atoms with Crippen LogP contribution in [0.25, 0.3) is 11.1 Å². The van der Waals surface area contributed by atoms with Crippen LogP contribution in [0.3, 0.4) is 0 Å². The molecule has 0 saturated heterocycles. The van der Waals surface area contributed by atoms with Crippen molar-refractivity contribution >= 4 is 43.2 Å². The summed E-state index contributed by atoms with van der Waals surface area (Å²) in [6.45, 7) is 1.61. The van der Waals surface area contributed by atoms with Gasteiger partial charge in [0.1, 0.15) is 0 Å². The van der Waals surface area contributed by atoms with Crippen LogP contribution in [-0.4, -0.2) is 0 Å². The number of anilines is 2. The molecule has 0 amide bonds. The van der Waals surface area contributed by atoms with Gasteiger partial charge in [0, 0.05) is 33.4 Å². The van der Waals surface area contributed by atoms with Gasteiger partial charge in [0.05, 0.1) is 0 Å². The molecule has 2 nitrogen and oxygen atoms in total. The van der Waals surface area contributed by atoms with Crippen LogP contribution in [0.1, 0.15) is 11.1 Å². The number of hydrogen-bond acceptors (Lipinski definition) is 2. The molecule has 4 heteroatoms. The molecule has 4 aromatic rings. The summed E-state index contributed by atoms with van der Waals surface area (Å²) < 4.78 is 2.12. The van der Waals surface area contributed by atoms with E-state index < -0.39 is 0 Å². The first kappa shape index (κ1) is 20.7.